The molecule has 1 heterocycles. The Morgan fingerprint density at radius 2 is 1.90 bits per heavy atom. The number of allylic oxidation sites excluding steroid dienone is 3. The van der Waals surface area contributed by atoms with E-state index in [4.69, 9.17) is 9.84 Å². The van der Waals surface area contributed by atoms with Crippen LogP contribution in [0.15, 0.2) is 24.0 Å². The Labute approximate surface area is 129 Å². The van der Waals surface area contributed by atoms with Gasteiger partial charge in [-0.05, 0) is 38.2 Å². The maximum atomic E-state index is 10.4. The van der Waals surface area contributed by atoms with E-state index in [1.54, 1.807) is 0 Å². The number of ether oxygens (including phenoxy) is 1. The van der Waals surface area contributed by atoms with E-state index in [0.717, 1.165) is 31.4 Å². The molecule has 0 bridgehead atoms. The summed E-state index contributed by atoms with van der Waals surface area (Å²) in [6, 6.07) is 0. The summed E-state index contributed by atoms with van der Waals surface area (Å²) in [4.78, 5) is 10.4. The van der Waals surface area contributed by atoms with Gasteiger partial charge in [-0.15, -0.1) is 0 Å². The molecule has 1 N–H and O–H groups in total. The van der Waals surface area contributed by atoms with Crippen molar-refractivity contribution in [3.8, 4) is 0 Å². The van der Waals surface area contributed by atoms with Gasteiger partial charge in [0.15, 0.2) is 6.10 Å². The first kappa shape index (κ1) is 17.8. The van der Waals surface area contributed by atoms with Crippen LogP contribution >= 0.6 is 0 Å². The lowest BCUT2D eigenvalue weighted by molar-refractivity contribution is -0.137. The smallest absolute Gasteiger partial charge is 0.303 e. The number of carboxylic acid groups (broad SMARTS) is 1. The summed E-state index contributed by atoms with van der Waals surface area (Å²) >= 11 is 0. The first-order valence-electron chi connectivity index (χ1n) is 8.49. The second kappa shape index (κ2) is 11.4. The number of hydrogen-bond acceptors (Lipinski definition) is 2. The Morgan fingerprint density at radius 1 is 1.14 bits per heavy atom. The van der Waals surface area contributed by atoms with Gasteiger partial charge in [0.25, 0.3) is 0 Å². The molecular weight excluding hydrogens is 264 g/mol. The van der Waals surface area contributed by atoms with Crippen molar-refractivity contribution in [1.82, 2.24) is 0 Å². The van der Waals surface area contributed by atoms with Gasteiger partial charge in [0.2, 0.25) is 0 Å². The third-order valence-electron chi connectivity index (χ3n) is 3.77. The Hall–Kier alpha value is -1.25. The van der Waals surface area contributed by atoms with Gasteiger partial charge >= 0.3 is 5.97 Å². The molecule has 3 nitrogen and oxygen atoms in total. The van der Waals surface area contributed by atoms with Crippen LogP contribution in [0.4, 0.5) is 0 Å². The SMILES string of the molecule is CCCCCC=CC=C1OC1CCCCCCCC(=O)O. The highest BCUT2D eigenvalue weighted by molar-refractivity contribution is 5.66. The minimum atomic E-state index is -0.682. The molecule has 0 radical (unpaired) electrons. The number of carbonyl (C=O) groups is 1. The molecular formula is C18H30O3. The van der Waals surface area contributed by atoms with Crippen molar-refractivity contribution in [2.24, 2.45) is 0 Å². The Bertz CT molecular complexity index is 344. The summed E-state index contributed by atoms with van der Waals surface area (Å²) in [6.45, 7) is 2.22. The molecule has 120 valence electrons. The fourth-order valence-electron chi connectivity index (χ4n) is 2.39. The van der Waals surface area contributed by atoms with Crippen molar-refractivity contribution < 1.29 is 14.6 Å². The van der Waals surface area contributed by atoms with Gasteiger partial charge in [0, 0.05) is 6.42 Å². The molecule has 3 heteroatoms. The van der Waals surface area contributed by atoms with Gasteiger partial charge in [-0.25, -0.2) is 0 Å². The minimum absolute atomic E-state index is 0.309. The number of aliphatic carboxylic acids is 1. The third kappa shape index (κ3) is 10.2. The molecule has 1 aliphatic rings. The van der Waals surface area contributed by atoms with Crippen LogP contribution in [0.5, 0.6) is 0 Å². The molecule has 0 aliphatic carbocycles. The van der Waals surface area contributed by atoms with Crippen LogP contribution in [0.1, 0.15) is 77.6 Å². The van der Waals surface area contributed by atoms with Crippen molar-refractivity contribution in [1.29, 1.82) is 0 Å². The van der Waals surface area contributed by atoms with Crippen molar-refractivity contribution in [3.63, 3.8) is 0 Å². The van der Waals surface area contributed by atoms with E-state index >= 15 is 0 Å². The molecule has 1 atom stereocenters. The van der Waals surface area contributed by atoms with E-state index in [-0.39, 0.29) is 0 Å². The number of unbranched alkanes of at least 4 members (excludes halogenated alkanes) is 7. The molecule has 0 aromatic carbocycles. The van der Waals surface area contributed by atoms with Gasteiger partial charge in [0.1, 0.15) is 5.76 Å². The monoisotopic (exact) mass is 294 g/mol. The van der Waals surface area contributed by atoms with Crippen LogP contribution in [0, 0.1) is 0 Å². The number of rotatable bonds is 13. The molecule has 0 saturated carbocycles. The zero-order valence-electron chi connectivity index (χ0n) is 13.4. The summed E-state index contributed by atoms with van der Waals surface area (Å²) in [5, 5.41) is 8.53. The highest BCUT2D eigenvalue weighted by Crippen LogP contribution is 2.31. The van der Waals surface area contributed by atoms with Gasteiger partial charge in [-0.1, -0.05) is 51.2 Å². The zero-order valence-corrected chi connectivity index (χ0v) is 13.4. The van der Waals surface area contributed by atoms with Crippen molar-refractivity contribution in [3.05, 3.63) is 24.0 Å². The molecule has 1 rings (SSSR count). The van der Waals surface area contributed by atoms with Crippen LogP contribution in [-0.4, -0.2) is 17.2 Å². The third-order valence-corrected chi connectivity index (χ3v) is 3.77. The van der Waals surface area contributed by atoms with Crippen molar-refractivity contribution in [2.45, 2.75) is 83.7 Å². The van der Waals surface area contributed by atoms with E-state index < -0.39 is 5.97 Å². The van der Waals surface area contributed by atoms with Gasteiger partial charge < -0.3 is 9.84 Å². The molecule has 0 amide bonds. The first-order valence-corrected chi connectivity index (χ1v) is 8.49. The zero-order chi connectivity index (χ0) is 15.3. The lowest BCUT2D eigenvalue weighted by atomic mass is 10.1. The predicted octanol–water partition coefficient (Wildman–Crippen LogP) is 5.22. The molecule has 0 aromatic rings. The van der Waals surface area contributed by atoms with Crippen molar-refractivity contribution in [2.75, 3.05) is 0 Å². The molecule has 1 saturated heterocycles. The second-order valence-corrected chi connectivity index (χ2v) is 5.80. The lowest BCUT2D eigenvalue weighted by Crippen LogP contribution is -1.93. The van der Waals surface area contributed by atoms with Gasteiger partial charge in [0.05, 0.1) is 0 Å². The standard InChI is InChI=1S/C18H30O3/c1-2-3-4-5-7-10-13-16-17(21-16)14-11-8-6-9-12-15-18(19)20/h7,10,13,17H,2-6,8-9,11-12,14-15H2,1H3,(H,19,20). The molecule has 0 spiro atoms. The highest BCUT2D eigenvalue weighted by atomic mass is 16.6. The van der Waals surface area contributed by atoms with Gasteiger partial charge in [-0.2, -0.15) is 0 Å². The highest BCUT2D eigenvalue weighted by Gasteiger charge is 2.30. The van der Waals surface area contributed by atoms with Gasteiger partial charge in [-0.3, -0.25) is 4.79 Å². The maximum Gasteiger partial charge on any atom is 0.303 e. The normalized spacial score (nSPS) is 19.1. The Kier molecular flexibility index (Phi) is 9.68. The lowest BCUT2D eigenvalue weighted by Gasteiger charge is -1.98. The van der Waals surface area contributed by atoms with Crippen LogP contribution < -0.4 is 0 Å². The Morgan fingerprint density at radius 3 is 2.67 bits per heavy atom. The summed E-state index contributed by atoms with van der Waals surface area (Å²) in [5.41, 5.74) is 0. The number of epoxide rings is 1. The largest absolute Gasteiger partial charge is 0.483 e. The van der Waals surface area contributed by atoms with Crippen LogP contribution in [0.2, 0.25) is 0 Å². The predicted molar refractivity (Wildman–Crippen MR) is 86.2 cm³/mol. The van der Waals surface area contributed by atoms with E-state index in [1.807, 2.05) is 0 Å². The molecule has 21 heavy (non-hydrogen) atoms. The summed E-state index contributed by atoms with van der Waals surface area (Å²) in [5.74, 6) is 0.450. The number of hydrogen-bond donors (Lipinski definition) is 1. The van der Waals surface area contributed by atoms with Crippen LogP contribution in [-0.2, 0) is 9.53 Å². The van der Waals surface area contributed by atoms with E-state index in [2.05, 4.69) is 25.2 Å². The molecule has 0 aromatic heterocycles. The second-order valence-electron chi connectivity index (χ2n) is 5.80. The average molecular weight is 294 g/mol. The van der Waals surface area contributed by atoms with E-state index in [1.165, 1.54) is 38.5 Å². The topological polar surface area (TPSA) is 49.8 Å². The fourth-order valence-corrected chi connectivity index (χ4v) is 2.39. The minimum Gasteiger partial charge on any atom is -0.483 e. The number of carboxylic acids is 1. The average Bonchev–Trinajstić information content (AvgIpc) is 3.20. The van der Waals surface area contributed by atoms with E-state index in [9.17, 15) is 4.79 Å². The molecule has 1 fully saturated rings. The van der Waals surface area contributed by atoms with Crippen molar-refractivity contribution >= 4 is 5.97 Å². The molecule has 1 aliphatic heterocycles. The summed E-state index contributed by atoms with van der Waals surface area (Å²) in [6.07, 6.45) is 18.6. The summed E-state index contributed by atoms with van der Waals surface area (Å²) in [7, 11) is 0. The molecule has 1 unspecified atom stereocenters. The maximum absolute atomic E-state index is 10.4. The van der Waals surface area contributed by atoms with Crippen LogP contribution in [0.3, 0.4) is 0 Å². The first-order chi connectivity index (χ1) is 10.2. The quantitative estimate of drug-likeness (QED) is 0.374. The Balaban J connectivity index is 1.90. The summed E-state index contributed by atoms with van der Waals surface area (Å²) < 4.78 is 5.54. The van der Waals surface area contributed by atoms with Crippen LogP contribution in [0.25, 0.3) is 0 Å². The van der Waals surface area contributed by atoms with E-state index in [0.29, 0.717) is 12.5 Å². The fraction of sp³-hybridized carbons (Fsp3) is 0.722.